The number of nitrogens with two attached hydrogens (primary N) is 1. The Balaban J connectivity index is 1.56. The molecule has 13 heteroatoms. The maximum atomic E-state index is 13.8. The third-order valence-electron chi connectivity index (χ3n) is 6.41. The molecule has 2 saturated heterocycles. The zero-order chi connectivity index (χ0) is 23.9. The van der Waals surface area contributed by atoms with Crippen LogP contribution in [0.2, 0.25) is 0 Å². The van der Waals surface area contributed by atoms with Crippen LogP contribution >= 0.6 is 11.8 Å². The number of thioether (sulfide) groups is 1. The zero-order valence-electron chi connectivity index (χ0n) is 18.8. The van der Waals surface area contributed by atoms with Gasteiger partial charge in [0.1, 0.15) is 5.82 Å². The van der Waals surface area contributed by atoms with E-state index in [1.165, 1.54) is 0 Å². The summed E-state index contributed by atoms with van der Waals surface area (Å²) < 4.78 is 46.9. The van der Waals surface area contributed by atoms with Crippen molar-refractivity contribution in [3.8, 4) is 11.4 Å². The predicted molar refractivity (Wildman–Crippen MR) is 123 cm³/mol. The average molecular weight is 497 g/mol. The lowest BCUT2D eigenvalue weighted by molar-refractivity contribution is -0.140. The van der Waals surface area contributed by atoms with Gasteiger partial charge in [-0.15, -0.1) is 11.8 Å². The molecule has 2 fully saturated rings. The molecule has 0 radical (unpaired) electrons. The zero-order valence-corrected chi connectivity index (χ0v) is 19.6. The summed E-state index contributed by atoms with van der Waals surface area (Å²) in [5.74, 6) is 0.252. The Morgan fingerprint density at radius 1 is 1.15 bits per heavy atom. The molecule has 2 unspecified atom stereocenters. The number of hydrogen-bond donors (Lipinski definition) is 2. The van der Waals surface area contributed by atoms with Crippen LogP contribution in [0.25, 0.3) is 11.4 Å². The van der Waals surface area contributed by atoms with Crippen molar-refractivity contribution >= 4 is 23.5 Å². The first-order valence-corrected chi connectivity index (χ1v) is 12.2. The van der Waals surface area contributed by atoms with Crippen LogP contribution < -0.4 is 16.0 Å². The van der Waals surface area contributed by atoms with Gasteiger partial charge in [0.05, 0.1) is 29.4 Å². The lowest BCUT2D eigenvalue weighted by atomic mass is 10.0. The topological polar surface area (TPSA) is 105 Å². The van der Waals surface area contributed by atoms with E-state index in [9.17, 15) is 13.2 Å². The summed E-state index contributed by atoms with van der Waals surface area (Å²) in [5.41, 5.74) is 4.87. The number of hydrogen-bond acceptors (Lipinski definition) is 10. The van der Waals surface area contributed by atoms with Gasteiger partial charge in [0.2, 0.25) is 5.95 Å². The lowest BCUT2D eigenvalue weighted by Gasteiger charge is -2.30. The summed E-state index contributed by atoms with van der Waals surface area (Å²) in [6.07, 6.45) is -3.64. The van der Waals surface area contributed by atoms with E-state index in [4.69, 9.17) is 10.5 Å². The van der Waals surface area contributed by atoms with Crippen molar-refractivity contribution in [2.45, 2.75) is 29.2 Å². The molecule has 0 aliphatic carbocycles. The highest BCUT2D eigenvalue weighted by Gasteiger charge is 2.40. The largest absolute Gasteiger partial charge is 0.434 e. The average Bonchev–Trinajstić information content (AvgIpc) is 3.14. The van der Waals surface area contributed by atoms with Crippen LogP contribution in [-0.4, -0.2) is 89.1 Å². The molecule has 5 heterocycles. The Bertz CT molecular complexity index is 1040. The van der Waals surface area contributed by atoms with Gasteiger partial charge in [-0.25, -0.2) is 19.9 Å². The predicted octanol–water partition coefficient (Wildman–Crippen LogP) is 1.85. The van der Waals surface area contributed by atoms with E-state index < -0.39 is 17.8 Å². The van der Waals surface area contributed by atoms with Crippen molar-refractivity contribution < 1.29 is 17.9 Å². The minimum absolute atomic E-state index is 0.0251. The SMILES string of the molecule is CC1c2nc(-c3cnc(N)nc3C(F)(F)F)nc(N3CCOCC3)c2SC1CN1CCNCC1. The first kappa shape index (κ1) is 23.5. The molecular weight excluding hydrogens is 469 g/mol. The monoisotopic (exact) mass is 496 g/mol. The van der Waals surface area contributed by atoms with Crippen LogP contribution in [0, 0.1) is 0 Å². The number of rotatable bonds is 4. The third-order valence-corrected chi connectivity index (χ3v) is 7.89. The van der Waals surface area contributed by atoms with Crippen molar-refractivity contribution in [3.05, 3.63) is 17.6 Å². The quantitative estimate of drug-likeness (QED) is 0.652. The molecule has 3 aliphatic rings. The summed E-state index contributed by atoms with van der Waals surface area (Å²) in [6.45, 7) is 9.16. The highest BCUT2D eigenvalue weighted by Crippen LogP contribution is 2.49. The Morgan fingerprint density at radius 2 is 1.88 bits per heavy atom. The van der Waals surface area contributed by atoms with Crippen LogP contribution in [0.1, 0.15) is 24.2 Å². The van der Waals surface area contributed by atoms with Crippen LogP contribution in [0.15, 0.2) is 11.1 Å². The minimum atomic E-state index is -4.71. The number of halogens is 3. The number of piperazine rings is 1. The van der Waals surface area contributed by atoms with Gasteiger partial charge in [-0.1, -0.05) is 6.92 Å². The Kier molecular flexibility index (Phi) is 6.53. The fraction of sp³-hybridized carbons (Fsp3) is 0.619. The van der Waals surface area contributed by atoms with Crippen molar-refractivity contribution in [2.75, 3.05) is 69.7 Å². The molecule has 0 bridgehead atoms. The Hall–Kier alpha value is -2.22. The Labute approximate surface area is 199 Å². The van der Waals surface area contributed by atoms with Crippen LogP contribution in [0.4, 0.5) is 24.9 Å². The first-order chi connectivity index (χ1) is 16.3. The van der Waals surface area contributed by atoms with Crippen LogP contribution in [0.5, 0.6) is 0 Å². The Morgan fingerprint density at radius 3 is 2.59 bits per heavy atom. The summed E-state index contributed by atoms with van der Waals surface area (Å²) in [4.78, 5) is 22.1. The second kappa shape index (κ2) is 9.44. The van der Waals surface area contributed by atoms with Gasteiger partial charge in [0, 0.05) is 63.2 Å². The normalized spacial score (nSPS) is 23.8. The number of morpholine rings is 1. The van der Waals surface area contributed by atoms with Crippen molar-refractivity contribution in [2.24, 2.45) is 0 Å². The van der Waals surface area contributed by atoms with Gasteiger partial charge in [-0.2, -0.15) is 13.2 Å². The maximum Gasteiger partial charge on any atom is 0.434 e. The van der Waals surface area contributed by atoms with E-state index in [1.807, 2.05) is 0 Å². The summed E-state index contributed by atoms with van der Waals surface area (Å²) in [7, 11) is 0. The second-order valence-electron chi connectivity index (χ2n) is 8.67. The molecule has 0 spiro atoms. The van der Waals surface area contributed by atoms with Crippen LogP contribution in [0.3, 0.4) is 0 Å². The number of nitrogens with zero attached hydrogens (tertiary/aromatic N) is 6. The standard InChI is InChI=1S/C21H27F3N8OS/c1-12-14(11-31-4-2-26-3-5-31)34-16-15(12)28-18(30-19(16)32-6-8-33-9-7-32)13-10-27-20(25)29-17(13)21(22,23)24/h10,12,14,26H,2-9,11H2,1H3,(H2,25,27,29). The lowest BCUT2D eigenvalue weighted by Crippen LogP contribution is -2.46. The van der Waals surface area contributed by atoms with E-state index in [0.29, 0.717) is 32.1 Å². The van der Waals surface area contributed by atoms with Crippen molar-refractivity contribution in [3.63, 3.8) is 0 Å². The van der Waals surface area contributed by atoms with Gasteiger partial charge in [-0.05, 0) is 0 Å². The number of nitrogens with one attached hydrogen (secondary N) is 1. The van der Waals surface area contributed by atoms with Gasteiger partial charge in [-0.3, -0.25) is 4.90 Å². The molecule has 2 aromatic rings. The fourth-order valence-electron chi connectivity index (χ4n) is 4.54. The maximum absolute atomic E-state index is 13.8. The van der Waals surface area contributed by atoms with E-state index in [-0.39, 0.29) is 22.6 Å². The minimum Gasteiger partial charge on any atom is -0.378 e. The van der Waals surface area contributed by atoms with Crippen LogP contribution in [-0.2, 0) is 10.9 Å². The number of ether oxygens (including phenoxy) is 1. The summed E-state index contributed by atoms with van der Waals surface area (Å²) in [5, 5.41) is 3.60. The second-order valence-corrected chi connectivity index (χ2v) is 9.92. The molecule has 2 aromatic heterocycles. The number of anilines is 2. The van der Waals surface area contributed by atoms with E-state index in [2.05, 4.69) is 42.0 Å². The molecule has 2 atom stereocenters. The third kappa shape index (κ3) is 4.66. The van der Waals surface area contributed by atoms with Crippen molar-refractivity contribution in [1.29, 1.82) is 0 Å². The van der Waals surface area contributed by atoms with E-state index in [0.717, 1.165) is 49.5 Å². The molecule has 9 nitrogen and oxygen atoms in total. The molecule has 0 saturated carbocycles. The number of alkyl halides is 3. The fourth-order valence-corrected chi connectivity index (χ4v) is 6.09. The van der Waals surface area contributed by atoms with Crippen molar-refractivity contribution in [1.82, 2.24) is 30.2 Å². The molecule has 3 aliphatic heterocycles. The molecule has 0 aromatic carbocycles. The molecule has 184 valence electrons. The highest BCUT2D eigenvalue weighted by molar-refractivity contribution is 8.00. The highest BCUT2D eigenvalue weighted by atomic mass is 32.2. The molecule has 5 rings (SSSR count). The summed E-state index contributed by atoms with van der Waals surface area (Å²) in [6, 6.07) is 0. The van der Waals surface area contributed by atoms with E-state index >= 15 is 0 Å². The number of aromatic nitrogens is 4. The first-order valence-electron chi connectivity index (χ1n) is 11.4. The van der Waals surface area contributed by atoms with Gasteiger partial charge < -0.3 is 20.7 Å². The molecule has 0 amide bonds. The number of nitrogen functional groups attached to an aromatic ring is 1. The summed E-state index contributed by atoms with van der Waals surface area (Å²) >= 11 is 1.73. The van der Waals surface area contributed by atoms with Gasteiger partial charge >= 0.3 is 6.18 Å². The van der Waals surface area contributed by atoms with E-state index in [1.54, 1.807) is 11.8 Å². The number of fused-ring (bicyclic) bond motifs is 1. The smallest absolute Gasteiger partial charge is 0.378 e. The van der Waals surface area contributed by atoms with Gasteiger partial charge in [0.15, 0.2) is 11.5 Å². The molecular formula is C21H27F3N8OS. The van der Waals surface area contributed by atoms with Gasteiger partial charge in [0.25, 0.3) is 0 Å². The molecule has 34 heavy (non-hydrogen) atoms. The molecule has 3 N–H and O–H groups in total.